The molecular weight excluding hydrogens is 342 g/mol. The standard InChI is InChI=1S/C18H16BrNO2/c1-2-22-18(21)17-11-14-10-13(12-19)8-9-16(14)20(17)15-6-4-3-5-7-15/h3-11H,2,12H2,1H3. The molecule has 0 atom stereocenters. The maximum absolute atomic E-state index is 12.3. The van der Waals surface area contributed by atoms with E-state index >= 15 is 0 Å². The summed E-state index contributed by atoms with van der Waals surface area (Å²) in [6, 6.07) is 17.9. The van der Waals surface area contributed by atoms with Crippen molar-refractivity contribution in [3.05, 3.63) is 65.9 Å². The van der Waals surface area contributed by atoms with Crippen molar-refractivity contribution in [3.8, 4) is 5.69 Å². The van der Waals surface area contributed by atoms with Crippen LogP contribution in [0, 0.1) is 0 Å². The summed E-state index contributed by atoms with van der Waals surface area (Å²) in [7, 11) is 0. The van der Waals surface area contributed by atoms with Crippen molar-refractivity contribution in [2.45, 2.75) is 12.3 Å². The molecule has 0 unspecified atom stereocenters. The summed E-state index contributed by atoms with van der Waals surface area (Å²) in [5, 5.41) is 1.82. The van der Waals surface area contributed by atoms with Crippen LogP contribution in [0.2, 0.25) is 0 Å². The average Bonchev–Trinajstić information content (AvgIpc) is 2.94. The average molecular weight is 358 g/mol. The second-order valence-corrected chi connectivity index (χ2v) is 5.51. The Balaban J connectivity index is 2.26. The third kappa shape index (κ3) is 2.66. The highest BCUT2D eigenvalue weighted by molar-refractivity contribution is 9.08. The minimum atomic E-state index is -0.303. The number of hydrogen-bond acceptors (Lipinski definition) is 2. The Morgan fingerprint density at radius 3 is 2.59 bits per heavy atom. The monoisotopic (exact) mass is 357 g/mol. The lowest BCUT2D eigenvalue weighted by Crippen LogP contribution is -2.10. The molecule has 2 aromatic carbocycles. The highest BCUT2D eigenvalue weighted by Crippen LogP contribution is 2.26. The number of benzene rings is 2. The second-order valence-electron chi connectivity index (χ2n) is 4.95. The lowest BCUT2D eigenvalue weighted by molar-refractivity contribution is 0.0517. The zero-order valence-electron chi connectivity index (χ0n) is 12.3. The molecule has 3 nitrogen and oxygen atoms in total. The molecule has 3 rings (SSSR count). The molecule has 3 aromatic rings. The van der Waals surface area contributed by atoms with Crippen molar-refractivity contribution >= 4 is 32.8 Å². The molecule has 0 aliphatic carbocycles. The summed E-state index contributed by atoms with van der Waals surface area (Å²) in [6.07, 6.45) is 0. The Morgan fingerprint density at radius 1 is 1.14 bits per heavy atom. The molecule has 0 radical (unpaired) electrons. The van der Waals surface area contributed by atoms with Crippen LogP contribution >= 0.6 is 15.9 Å². The molecule has 0 N–H and O–H groups in total. The maximum atomic E-state index is 12.3. The normalized spacial score (nSPS) is 10.8. The van der Waals surface area contributed by atoms with Crippen LogP contribution in [0.25, 0.3) is 16.6 Å². The predicted octanol–water partition coefficient (Wildman–Crippen LogP) is 4.70. The third-order valence-electron chi connectivity index (χ3n) is 3.52. The molecule has 0 aliphatic heterocycles. The van der Waals surface area contributed by atoms with Crippen LogP contribution in [0.5, 0.6) is 0 Å². The first-order chi connectivity index (χ1) is 10.7. The zero-order chi connectivity index (χ0) is 15.5. The van der Waals surface area contributed by atoms with Crippen LogP contribution in [0.4, 0.5) is 0 Å². The number of carbonyl (C=O) groups is 1. The van der Waals surface area contributed by atoms with E-state index in [4.69, 9.17) is 4.74 Å². The topological polar surface area (TPSA) is 31.2 Å². The van der Waals surface area contributed by atoms with Gasteiger partial charge in [-0.3, -0.25) is 0 Å². The van der Waals surface area contributed by atoms with Crippen LogP contribution in [-0.4, -0.2) is 17.1 Å². The van der Waals surface area contributed by atoms with Gasteiger partial charge in [0.2, 0.25) is 0 Å². The number of hydrogen-bond donors (Lipinski definition) is 0. The Hall–Kier alpha value is -2.07. The number of para-hydroxylation sites is 1. The minimum absolute atomic E-state index is 0.303. The van der Waals surface area contributed by atoms with E-state index in [1.807, 2.05) is 54.0 Å². The minimum Gasteiger partial charge on any atom is -0.461 e. The zero-order valence-corrected chi connectivity index (χ0v) is 13.8. The fraction of sp³-hybridized carbons (Fsp3) is 0.167. The Labute approximate surface area is 137 Å². The van der Waals surface area contributed by atoms with Crippen molar-refractivity contribution in [3.63, 3.8) is 0 Å². The maximum Gasteiger partial charge on any atom is 0.355 e. The number of esters is 1. The van der Waals surface area contributed by atoms with E-state index < -0.39 is 0 Å². The Morgan fingerprint density at radius 2 is 1.91 bits per heavy atom. The van der Waals surface area contributed by atoms with Crippen LogP contribution in [0.3, 0.4) is 0 Å². The SMILES string of the molecule is CCOC(=O)c1cc2cc(CBr)ccc2n1-c1ccccc1. The fourth-order valence-corrected chi connectivity index (χ4v) is 2.91. The molecule has 112 valence electrons. The van der Waals surface area contributed by atoms with E-state index in [9.17, 15) is 4.79 Å². The number of carbonyl (C=O) groups excluding carboxylic acids is 1. The molecule has 0 fully saturated rings. The number of ether oxygens (including phenoxy) is 1. The van der Waals surface area contributed by atoms with Crippen molar-refractivity contribution in [2.24, 2.45) is 0 Å². The van der Waals surface area contributed by atoms with E-state index in [1.54, 1.807) is 0 Å². The quantitative estimate of drug-likeness (QED) is 0.500. The van der Waals surface area contributed by atoms with E-state index in [-0.39, 0.29) is 5.97 Å². The first-order valence-electron chi connectivity index (χ1n) is 7.17. The number of rotatable bonds is 4. The largest absolute Gasteiger partial charge is 0.461 e. The van der Waals surface area contributed by atoms with Crippen LogP contribution < -0.4 is 0 Å². The molecule has 22 heavy (non-hydrogen) atoms. The molecule has 0 saturated heterocycles. The van der Waals surface area contributed by atoms with Crippen molar-refractivity contribution < 1.29 is 9.53 Å². The smallest absolute Gasteiger partial charge is 0.355 e. The lowest BCUT2D eigenvalue weighted by atomic mass is 10.2. The molecule has 1 aromatic heterocycles. The van der Waals surface area contributed by atoms with Gasteiger partial charge in [0.25, 0.3) is 0 Å². The summed E-state index contributed by atoms with van der Waals surface area (Å²) in [5.41, 5.74) is 3.67. The van der Waals surface area contributed by atoms with Crippen LogP contribution in [0.15, 0.2) is 54.6 Å². The first kappa shape index (κ1) is 14.9. The van der Waals surface area contributed by atoms with Gasteiger partial charge in [-0.1, -0.05) is 40.2 Å². The van der Waals surface area contributed by atoms with E-state index in [0.29, 0.717) is 12.3 Å². The molecule has 0 spiro atoms. The van der Waals surface area contributed by atoms with Gasteiger partial charge in [-0.05, 0) is 42.8 Å². The molecule has 0 aliphatic rings. The highest BCUT2D eigenvalue weighted by atomic mass is 79.9. The van der Waals surface area contributed by atoms with Gasteiger partial charge in [0.05, 0.1) is 12.1 Å². The molecule has 0 saturated carbocycles. The van der Waals surface area contributed by atoms with Gasteiger partial charge in [-0.15, -0.1) is 0 Å². The predicted molar refractivity (Wildman–Crippen MR) is 91.9 cm³/mol. The third-order valence-corrected chi connectivity index (χ3v) is 4.17. The summed E-state index contributed by atoms with van der Waals surface area (Å²) in [4.78, 5) is 12.3. The van der Waals surface area contributed by atoms with Crippen LogP contribution in [-0.2, 0) is 10.1 Å². The van der Waals surface area contributed by atoms with Gasteiger partial charge in [0.15, 0.2) is 0 Å². The van der Waals surface area contributed by atoms with Crippen molar-refractivity contribution in [1.29, 1.82) is 0 Å². The highest BCUT2D eigenvalue weighted by Gasteiger charge is 2.17. The second kappa shape index (κ2) is 6.36. The summed E-state index contributed by atoms with van der Waals surface area (Å²) in [6.45, 7) is 2.18. The molecular formula is C18H16BrNO2. The molecule has 0 amide bonds. The lowest BCUT2D eigenvalue weighted by Gasteiger charge is -2.10. The number of alkyl halides is 1. The Kier molecular flexibility index (Phi) is 4.29. The van der Waals surface area contributed by atoms with Crippen molar-refractivity contribution in [1.82, 2.24) is 4.57 Å². The van der Waals surface area contributed by atoms with Gasteiger partial charge in [0, 0.05) is 16.4 Å². The van der Waals surface area contributed by atoms with Gasteiger partial charge >= 0.3 is 5.97 Å². The summed E-state index contributed by atoms with van der Waals surface area (Å²) >= 11 is 3.47. The Bertz CT molecular complexity index is 809. The number of nitrogens with zero attached hydrogens (tertiary/aromatic N) is 1. The number of halogens is 1. The number of fused-ring (bicyclic) bond motifs is 1. The summed E-state index contributed by atoms with van der Waals surface area (Å²) < 4.78 is 7.16. The van der Waals surface area contributed by atoms with E-state index in [2.05, 4.69) is 28.1 Å². The molecule has 0 bridgehead atoms. The van der Waals surface area contributed by atoms with Crippen LogP contribution in [0.1, 0.15) is 23.0 Å². The molecule has 4 heteroatoms. The first-order valence-corrected chi connectivity index (χ1v) is 8.29. The van der Waals surface area contributed by atoms with Gasteiger partial charge in [0.1, 0.15) is 5.69 Å². The van der Waals surface area contributed by atoms with E-state index in [1.165, 1.54) is 5.56 Å². The number of aromatic nitrogens is 1. The van der Waals surface area contributed by atoms with Gasteiger partial charge in [-0.2, -0.15) is 0 Å². The van der Waals surface area contributed by atoms with Gasteiger partial charge < -0.3 is 9.30 Å². The van der Waals surface area contributed by atoms with E-state index in [0.717, 1.165) is 21.9 Å². The molecule has 1 heterocycles. The van der Waals surface area contributed by atoms with Crippen molar-refractivity contribution in [2.75, 3.05) is 6.61 Å². The van der Waals surface area contributed by atoms with Gasteiger partial charge in [-0.25, -0.2) is 4.79 Å². The summed E-state index contributed by atoms with van der Waals surface area (Å²) in [5.74, 6) is -0.303. The fourth-order valence-electron chi connectivity index (χ4n) is 2.56.